The SMILES string of the molecule is CCC1(CC)C2=CC(C(C)(C)C)=CC2C(CC)(C2c3ccccc3-c3ccccc32)C1C.[Cl-].[Cl-].[Zr+2]. The molecule has 0 heterocycles. The third-order valence-electron chi connectivity index (χ3n) is 9.89. The fourth-order valence-electron chi connectivity index (χ4n) is 8.14. The molecule has 0 N–H and O–H groups in total. The van der Waals surface area contributed by atoms with Gasteiger partial charge in [0.25, 0.3) is 0 Å². The van der Waals surface area contributed by atoms with Crippen LogP contribution < -0.4 is 24.8 Å². The third-order valence-corrected chi connectivity index (χ3v) is 9.89. The van der Waals surface area contributed by atoms with Crippen LogP contribution in [-0.2, 0) is 26.2 Å². The number of rotatable bonds is 4. The predicted molar refractivity (Wildman–Crippen MR) is 138 cm³/mol. The summed E-state index contributed by atoms with van der Waals surface area (Å²) in [6.07, 6.45) is 9.01. The van der Waals surface area contributed by atoms with E-state index in [0.717, 1.165) is 0 Å². The van der Waals surface area contributed by atoms with Gasteiger partial charge in [0.15, 0.2) is 0 Å². The summed E-state index contributed by atoms with van der Waals surface area (Å²) in [7, 11) is 0. The minimum atomic E-state index is 0. The molecule has 0 saturated heterocycles. The van der Waals surface area contributed by atoms with Gasteiger partial charge in [-0.05, 0) is 69.3 Å². The van der Waals surface area contributed by atoms with Gasteiger partial charge in [-0.15, -0.1) is 0 Å². The maximum atomic E-state index is 2.70. The maximum absolute atomic E-state index is 2.70. The number of allylic oxidation sites excluding steroid dienone is 4. The van der Waals surface area contributed by atoms with E-state index in [0.29, 0.717) is 17.8 Å². The van der Waals surface area contributed by atoms with Crippen LogP contribution >= 0.6 is 0 Å². The van der Waals surface area contributed by atoms with Crippen LogP contribution in [0, 0.1) is 28.1 Å². The van der Waals surface area contributed by atoms with Gasteiger partial charge in [-0.25, -0.2) is 0 Å². The summed E-state index contributed by atoms with van der Waals surface area (Å²) in [5.41, 5.74) is 10.0. The summed E-state index contributed by atoms with van der Waals surface area (Å²) in [5.74, 6) is 1.62. The Morgan fingerprint density at radius 2 is 1.26 bits per heavy atom. The van der Waals surface area contributed by atoms with Crippen molar-refractivity contribution in [3.8, 4) is 11.1 Å². The summed E-state index contributed by atoms with van der Waals surface area (Å²) in [5, 5.41) is 0. The smallest absolute Gasteiger partial charge is 1.00 e. The first-order chi connectivity index (χ1) is 15.3. The summed E-state index contributed by atoms with van der Waals surface area (Å²) >= 11 is 0. The van der Waals surface area contributed by atoms with E-state index in [4.69, 9.17) is 0 Å². The van der Waals surface area contributed by atoms with Crippen LogP contribution in [0.15, 0.2) is 71.8 Å². The van der Waals surface area contributed by atoms with Gasteiger partial charge in [0, 0.05) is 11.8 Å². The van der Waals surface area contributed by atoms with Crippen LogP contribution in [0.5, 0.6) is 0 Å². The molecule has 3 atom stereocenters. The van der Waals surface area contributed by atoms with Crippen molar-refractivity contribution in [2.75, 3.05) is 0 Å². The van der Waals surface area contributed by atoms with Gasteiger partial charge in [0.1, 0.15) is 0 Å². The van der Waals surface area contributed by atoms with Gasteiger partial charge in [-0.1, -0.05) is 115 Å². The summed E-state index contributed by atoms with van der Waals surface area (Å²) < 4.78 is 0. The topological polar surface area (TPSA) is 0 Å². The van der Waals surface area contributed by atoms with Gasteiger partial charge in [-0.3, -0.25) is 0 Å². The molecule has 3 unspecified atom stereocenters. The molecule has 3 aliphatic rings. The van der Waals surface area contributed by atoms with Crippen LogP contribution in [-0.4, -0.2) is 0 Å². The van der Waals surface area contributed by atoms with Crippen molar-refractivity contribution in [3.05, 3.63) is 83.0 Å². The van der Waals surface area contributed by atoms with E-state index in [2.05, 4.69) is 109 Å². The molecule has 186 valence electrons. The molecule has 0 aromatic heterocycles. The maximum Gasteiger partial charge on any atom is 2.00 e. The van der Waals surface area contributed by atoms with Crippen molar-refractivity contribution in [1.82, 2.24) is 0 Å². The van der Waals surface area contributed by atoms with Gasteiger partial charge in [0.2, 0.25) is 0 Å². The van der Waals surface area contributed by atoms with Crippen molar-refractivity contribution >= 4 is 0 Å². The second-order valence-corrected chi connectivity index (χ2v) is 11.6. The Labute approximate surface area is 245 Å². The Morgan fingerprint density at radius 1 is 0.771 bits per heavy atom. The zero-order chi connectivity index (χ0) is 22.9. The van der Waals surface area contributed by atoms with Gasteiger partial charge < -0.3 is 24.8 Å². The molecule has 0 radical (unpaired) electrons. The molecular formula is C32H40Cl2Zr. The van der Waals surface area contributed by atoms with Crippen molar-refractivity contribution in [3.63, 3.8) is 0 Å². The number of halogens is 2. The first-order valence-electron chi connectivity index (χ1n) is 12.9. The molecule has 3 aliphatic carbocycles. The van der Waals surface area contributed by atoms with Gasteiger partial charge >= 0.3 is 26.2 Å². The third kappa shape index (κ3) is 4.02. The van der Waals surface area contributed by atoms with Crippen LogP contribution in [0.2, 0.25) is 0 Å². The van der Waals surface area contributed by atoms with E-state index in [1.54, 1.807) is 22.3 Å². The average Bonchev–Trinajstić information content (AvgIpc) is 3.43. The molecule has 0 aliphatic heterocycles. The zero-order valence-corrected chi connectivity index (χ0v) is 26.4. The van der Waals surface area contributed by atoms with E-state index in [-0.39, 0.29) is 67.3 Å². The number of benzene rings is 2. The molecule has 35 heavy (non-hydrogen) atoms. The Hall–Kier alpha value is -0.617. The summed E-state index contributed by atoms with van der Waals surface area (Å²) in [6.45, 7) is 17.1. The van der Waals surface area contributed by atoms with Crippen LogP contribution in [0.3, 0.4) is 0 Å². The van der Waals surface area contributed by atoms with E-state index >= 15 is 0 Å². The van der Waals surface area contributed by atoms with Crippen molar-refractivity contribution in [2.24, 2.45) is 28.1 Å². The Morgan fingerprint density at radius 3 is 1.69 bits per heavy atom. The molecule has 5 rings (SSSR count). The quantitative estimate of drug-likeness (QED) is 0.517. The molecule has 0 bridgehead atoms. The van der Waals surface area contributed by atoms with E-state index in [9.17, 15) is 0 Å². The molecule has 2 aromatic carbocycles. The Bertz CT molecular complexity index is 1070. The molecule has 1 fully saturated rings. The van der Waals surface area contributed by atoms with E-state index < -0.39 is 0 Å². The predicted octanol–water partition coefficient (Wildman–Crippen LogP) is 3.19. The Balaban J connectivity index is 0.00000144. The molecule has 1 saturated carbocycles. The minimum Gasteiger partial charge on any atom is -1.00 e. The van der Waals surface area contributed by atoms with Crippen LogP contribution in [0.1, 0.15) is 84.8 Å². The minimum absolute atomic E-state index is 0. The largest absolute Gasteiger partial charge is 2.00 e. The number of hydrogen-bond donors (Lipinski definition) is 0. The number of hydrogen-bond acceptors (Lipinski definition) is 0. The van der Waals surface area contributed by atoms with Gasteiger partial charge in [-0.2, -0.15) is 0 Å². The monoisotopic (exact) mass is 584 g/mol. The molecular weight excluding hydrogens is 546 g/mol. The Kier molecular flexibility index (Phi) is 9.30. The molecule has 0 amide bonds. The van der Waals surface area contributed by atoms with Crippen LogP contribution in [0.25, 0.3) is 11.1 Å². The second-order valence-electron chi connectivity index (χ2n) is 11.6. The fraction of sp³-hybridized carbons (Fsp3) is 0.500. The normalized spacial score (nSPS) is 25.8. The van der Waals surface area contributed by atoms with Crippen molar-refractivity contribution in [2.45, 2.75) is 73.6 Å². The number of fused-ring (bicyclic) bond motifs is 4. The van der Waals surface area contributed by atoms with Crippen molar-refractivity contribution in [1.29, 1.82) is 0 Å². The molecule has 0 spiro atoms. The fourth-order valence-corrected chi connectivity index (χ4v) is 8.14. The zero-order valence-electron chi connectivity index (χ0n) is 22.4. The van der Waals surface area contributed by atoms with E-state index in [1.165, 1.54) is 30.4 Å². The van der Waals surface area contributed by atoms with Crippen LogP contribution in [0.4, 0.5) is 0 Å². The summed E-state index contributed by atoms with van der Waals surface area (Å²) in [6, 6.07) is 18.5. The first-order valence-corrected chi connectivity index (χ1v) is 12.9. The van der Waals surface area contributed by atoms with Gasteiger partial charge in [0.05, 0.1) is 0 Å². The molecule has 3 heteroatoms. The second kappa shape index (κ2) is 10.6. The molecule has 0 nitrogen and oxygen atoms in total. The summed E-state index contributed by atoms with van der Waals surface area (Å²) in [4.78, 5) is 0. The average molecular weight is 587 g/mol. The first kappa shape index (κ1) is 30.6. The van der Waals surface area contributed by atoms with Crippen molar-refractivity contribution < 1.29 is 51.0 Å². The molecule has 2 aromatic rings. The van der Waals surface area contributed by atoms with E-state index in [1.807, 2.05) is 0 Å². The standard InChI is InChI=1S/C32H40.2ClH.Zr/c1-8-31(9-2)21(4)32(10-3,28-20-22(19-27(28)31)30(5,6)7)29-25-17-13-11-15-23(25)24-16-12-14-18-26(24)29;;;/h11-21,28-29H,8-10H2,1-7H3;2*1H;/q;;;+2/p-2.